The molecule has 3 aromatic heterocycles. The Morgan fingerprint density at radius 3 is 2.91 bits per heavy atom. The molecule has 0 aromatic carbocycles. The Bertz CT molecular complexity index is 853. The van der Waals surface area contributed by atoms with Crippen molar-refractivity contribution in [3.8, 4) is 0 Å². The third-order valence-electron chi connectivity index (χ3n) is 3.72. The Kier molecular flexibility index (Phi) is 4.29. The molecule has 8 heteroatoms. The van der Waals surface area contributed by atoms with Gasteiger partial charge in [-0.25, -0.2) is 0 Å². The van der Waals surface area contributed by atoms with Gasteiger partial charge >= 0.3 is 0 Å². The highest BCUT2D eigenvalue weighted by Crippen LogP contribution is 2.18. The summed E-state index contributed by atoms with van der Waals surface area (Å²) in [5.74, 6) is 0.617. The third kappa shape index (κ3) is 3.05. The summed E-state index contributed by atoms with van der Waals surface area (Å²) >= 11 is 6.10. The quantitative estimate of drug-likeness (QED) is 0.723. The molecule has 0 fully saturated rings. The van der Waals surface area contributed by atoms with Crippen molar-refractivity contribution in [1.29, 1.82) is 0 Å². The molecule has 3 rings (SSSR count). The number of hydrogen-bond acceptors (Lipinski definition) is 4. The summed E-state index contributed by atoms with van der Waals surface area (Å²) in [6, 6.07) is 5.77. The molecular weight excluding hydrogens is 316 g/mol. The Balaban J connectivity index is 1.55. The van der Waals surface area contributed by atoms with E-state index in [4.69, 9.17) is 11.6 Å². The number of aromatic nitrogens is 5. The first-order valence-electron chi connectivity index (χ1n) is 7.34. The van der Waals surface area contributed by atoms with Gasteiger partial charge in [-0.3, -0.25) is 13.9 Å². The fourth-order valence-corrected chi connectivity index (χ4v) is 2.57. The molecule has 0 bridgehead atoms. The van der Waals surface area contributed by atoms with Gasteiger partial charge in [-0.15, -0.1) is 10.2 Å². The van der Waals surface area contributed by atoms with Gasteiger partial charge in [0.1, 0.15) is 5.82 Å². The molecule has 0 aliphatic rings. The van der Waals surface area contributed by atoms with Gasteiger partial charge in [0.15, 0.2) is 11.3 Å². The van der Waals surface area contributed by atoms with Crippen LogP contribution in [-0.4, -0.2) is 36.8 Å². The Morgan fingerprint density at radius 1 is 1.35 bits per heavy atom. The number of fused-ring (bicyclic) bond motifs is 1. The Morgan fingerprint density at radius 2 is 2.17 bits per heavy atom. The lowest BCUT2D eigenvalue weighted by Crippen LogP contribution is -2.25. The number of amides is 1. The maximum absolute atomic E-state index is 12.1. The highest BCUT2D eigenvalue weighted by molar-refractivity contribution is 6.34. The van der Waals surface area contributed by atoms with E-state index in [0.717, 1.165) is 30.0 Å². The van der Waals surface area contributed by atoms with Crippen LogP contribution in [0.4, 0.5) is 0 Å². The van der Waals surface area contributed by atoms with E-state index in [1.165, 1.54) is 0 Å². The Labute approximate surface area is 138 Å². The lowest BCUT2D eigenvalue weighted by molar-refractivity contribution is 0.0947. The van der Waals surface area contributed by atoms with Crippen molar-refractivity contribution >= 4 is 23.2 Å². The van der Waals surface area contributed by atoms with E-state index in [2.05, 4.69) is 20.6 Å². The van der Waals surface area contributed by atoms with Crippen molar-refractivity contribution in [2.75, 3.05) is 6.54 Å². The fraction of sp³-hybridized carbons (Fsp3) is 0.333. The van der Waals surface area contributed by atoms with Crippen LogP contribution in [0.5, 0.6) is 0 Å². The van der Waals surface area contributed by atoms with Gasteiger partial charge in [0.05, 0.1) is 10.7 Å². The van der Waals surface area contributed by atoms with Gasteiger partial charge in [-0.05, 0) is 25.5 Å². The summed E-state index contributed by atoms with van der Waals surface area (Å²) in [6.45, 7) is 2.34. The second-order valence-electron chi connectivity index (χ2n) is 5.28. The zero-order valence-corrected chi connectivity index (χ0v) is 13.7. The first-order valence-corrected chi connectivity index (χ1v) is 7.71. The average Bonchev–Trinajstić information content (AvgIpc) is 3.08. The first kappa shape index (κ1) is 15.5. The van der Waals surface area contributed by atoms with Crippen LogP contribution in [0, 0.1) is 6.92 Å². The summed E-state index contributed by atoms with van der Waals surface area (Å²) < 4.78 is 3.54. The van der Waals surface area contributed by atoms with Gasteiger partial charge in [0, 0.05) is 26.2 Å². The number of halogens is 1. The standard InChI is InChI=1S/C15H17ClN6O/c1-10-13(16)14(20-21(10)2)15(23)17-8-5-7-12-19-18-11-6-3-4-9-22(11)12/h3-4,6,9H,5,7-8H2,1-2H3,(H,17,23). The predicted octanol–water partition coefficient (Wildman–Crippen LogP) is 1.79. The van der Waals surface area contributed by atoms with E-state index in [-0.39, 0.29) is 11.6 Å². The molecule has 0 saturated carbocycles. The van der Waals surface area contributed by atoms with E-state index in [9.17, 15) is 4.79 Å². The minimum absolute atomic E-state index is 0.259. The lowest BCUT2D eigenvalue weighted by Gasteiger charge is -2.03. The summed E-state index contributed by atoms with van der Waals surface area (Å²) in [5, 5.41) is 15.6. The molecule has 0 aliphatic carbocycles. The number of nitrogens with one attached hydrogen (secondary N) is 1. The second-order valence-corrected chi connectivity index (χ2v) is 5.65. The van der Waals surface area contributed by atoms with Crippen molar-refractivity contribution < 1.29 is 4.79 Å². The SMILES string of the molecule is Cc1c(Cl)c(C(=O)NCCCc2nnc3ccccn23)nn1C. The number of aryl methyl sites for hydroxylation is 2. The van der Waals surface area contributed by atoms with Crippen LogP contribution in [0.15, 0.2) is 24.4 Å². The molecule has 0 spiro atoms. The number of nitrogens with zero attached hydrogens (tertiary/aromatic N) is 5. The lowest BCUT2D eigenvalue weighted by atomic mass is 10.3. The maximum Gasteiger partial charge on any atom is 0.273 e. The molecule has 1 amide bonds. The fourth-order valence-electron chi connectivity index (χ4n) is 2.32. The molecule has 0 radical (unpaired) electrons. The van der Waals surface area contributed by atoms with Gasteiger partial charge in [-0.2, -0.15) is 5.10 Å². The molecule has 0 aliphatic heterocycles. The zero-order valence-electron chi connectivity index (χ0n) is 13.0. The van der Waals surface area contributed by atoms with E-state index in [0.29, 0.717) is 11.6 Å². The highest BCUT2D eigenvalue weighted by Gasteiger charge is 2.17. The van der Waals surface area contributed by atoms with Crippen LogP contribution < -0.4 is 5.32 Å². The van der Waals surface area contributed by atoms with E-state index in [1.807, 2.05) is 35.7 Å². The molecule has 23 heavy (non-hydrogen) atoms. The summed E-state index contributed by atoms with van der Waals surface area (Å²) in [5.41, 5.74) is 1.86. The van der Waals surface area contributed by atoms with E-state index < -0.39 is 0 Å². The van der Waals surface area contributed by atoms with Crippen LogP contribution in [-0.2, 0) is 13.5 Å². The summed E-state index contributed by atoms with van der Waals surface area (Å²) in [4.78, 5) is 12.1. The normalized spacial score (nSPS) is 11.1. The Hall–Kier alpha value is -2.41. The first-order chi connectivity index (χ1) is 11.1. The molecule has 0 atom stereocenters. The van der Waals surface area contributed by atoms with Gasteiger partial charge in [0.2, 0.25) is 0 Å². The highest BCUT2D eigenvalue weighted by atomic mass is 35.5. The molecule has 3 heterocycles. The number of pyridine rings is 1. The number of carbonyl (C=O) groups is 1. The molecule has 120 valence electrons. The van der Waals surface area contributed by atoms with Crippen LogP contribution in [0.2, 0.25) is 5.02 Å². The van der Waals surface area contributed by atoms with E-state index in [1.54, 1.807) is 11.7 Å². The largest absolute Gasteiger partial charge is 0.351 e. The van der Waals surface area contributed by atoms with Crippen molar-refractivity contribution in [3.63, 3.8) is 0 Å². The van der Waals surface area contributed by atoms with Crippen LogP contribution in [0.3, 0.4) is 0 Å². The van der Waals surface area contributed by atoms with Crippen molar-refractivity contribution in [1.82, 2.24) is 29.7 Å². The smallest absolute Gasteiger partial charge is 0.273 e. The molecule has 0 saturated heterocycles. The maximum atomic E-state index is 12.1. The number of rotatable bonds is 5. The van der Waals surface area contributed by atoms with Gasteiger partial charge in [0.25, 0.3) is 5.91 Å². The van der Waals surface area contributed by atoms with Gasteiger partial charge < -0.3 is 5.32 Å². The molecule has 3 aromatic rings. The molecule has 0 unspecified atom stereocenters. The summed E-state index contributed by atoms with van der Waals surface area (Å²) in [6.07, 6.45) is 3.41. The monoisotopic (exact) mass is 332 g/mol. The van der Waals surface area contributed by atoms with E-state index >= 15 is 0 Å². The minimum Gasteiger partial charge on any atom is -0.351 e. The van der Waals surface area contributed by atoms with Crippen molar-refractivity contribution in [3.05, 3.63) is 46.6 Å². The molecular formula is C15H17ClN6O. The zero-order chi connectivity index (χ0) is 16.4. The predicted molar refractivity (Wildman–Crippen MR) is 86.6 cm³/mol. The second kappa shape index (κ2) is 6.37. The van der Waals surface area contributed by atoms with Crippen molar-refractivity contribution in [2.24, 2.45) is 7.05 Å². The van der Waals surface area contributed by atoms with Crippen LogP contribution in [0.25, 0.3) is 5.65 Å². The summed E-state index contributed by atoms with van der Waals surface area (Å²) in [7, 11) is 1.76. The van der Waals surface area contributed by atoms with Gasteiger partial charge in [-0.1, -0.05) is 17.7 Å². The minimum atomic E-state index is -0.259. The van der Waals surface area contributed by atoms with Crippen LogP contribution in [0.1, 0.15) is 28.4 Å². The molecule has 7 nitrogen and oxygen atoms in total. The third-order valence-corrected chi connectivity index (χ3v) is 4.18. The molecule has 1 N–H and O–H groups in total. The topological polar surface area (TPSA) is 77.1 Å². The number of hydrogen-bond donors (Lipinski definition) is 1. The average molecular weight is 333 g/mol. The number of carbonyl (C=O) groups excluding carboxylic acids is 1. The van der Waals surface area contributed by atoms with Crippen molar-refractivity contribution in [2.45, 2.75) is 19.8 Å². The van der Waals surface area contributed by atoms with Crippen LogP contribution >= 0.6 is 11.6 Å².